The molecule has 2 rings (SSSR count). The van der Waals surface area contributed by atoms with Gasteiger partial charge in [-0.25, -0.2) is 9.78 Å². The standard InChI is InChI=1S/C11H11ClN2O4/c12-9-3-1-2-7(13-9)10(16)14-5-6(15)4-8(14)11(17)18/h1-3,6,8,15H,4-5H2,(H,17,18)/t6-,8-/m1/s1. The van der Waals surface area contributed by atoms with Gasteiger partial charge in [0.2, 0.25) is 0 Å². The number of hydrogen-bond acceptors (Lipinski definition) is 4. The molecule has 0 spiro atoms. The van der Waals surface area contributed by atoms with Crippen molar-refractivity contribution in [3.8, 4) is 0 Å². The lowest BCUT2D eigenvalue weighted by molar-refractivity contribution is -0.141. The van der Waals surface area contributed by atoms with Crippen molar-refractivity contribution < 1.29 is 19.8 Å². The van der Waals surface area contributed by atoms with Gasteiger partial charge in [0, 0.05) is 13.0 Å². The lowest BCUT2D eigenvalue weighted by Gasteiger charge is -2.20. The fourth-order valence-electron chi connectivity index (χ4n) is 1.95. The van der Waals surface area contributed by atoms with Crippen molar-refractivity contribution in [3.05, 3.63) is 29.0 Å². The summed E-state index contributed by atoms with van der Waals surface area (Å²) in [6.07, 6.45) is -0.795. The molecule has 96 valence electrons. The molecule has 2 heterocycles. The Labute approximate surface area is 108 Å². The van der Waals surface area contributed by atoms with E-state index in [2.05, 4.69) is 4.98 Å². The lowest BCUT2D eigenvalue weighted by Crippen LogP contribution is -2.40. The number of nitrogens with zero attached hydrogens (tertiary/aromatic N) is 2. The Kier molecular flexibility index (Phi) is 3.49. The molecule has 0 radical (unpaired) electrons. The monoisotopic (exact) mass is 270 g/mol. The van der Waals surface area contributed by atoms with Crippen LogP contribution in [-0.4, -0.2) is 50.7 Å². The van der Waals surface area contributed by atoms with E-state index in [1.807, 2.05) is 0 Å². The number of β-amino-alcohol motifs (C(OH)–C–C–N with tert-alkyl or cyclic N) is 1. The van der Waals surface area contributed by atoms with E-state index >= 15 is 0 Å². The third-order valence-corrected chi connectivity index (χ3v) is 2.97. The predicted molar refractivity (Wildman–Crippen MR) is 62.3 cm³/mol. The van der Waals surface area contributed by atoms with E-state index in [0.717, 1.165) is 4.90 Å². The van der Waals surface area contributed by atoms with Crippen LogP contribution in [-0.2, 0) is 4.79 Å². The largest absolute Gasteiger partial charge is 0.480 e. The highest BCUT2D eigenvalue weighted by Crippen LogP contribution is 2.20. The summed E-state index contributed by atoms with van der Waals surface area (Å²) >= 11 is 5.68. The number of aliphatic hydroxyl groups is 1. The van der Waals surface area contributed by atoms with Crippen LogP contribution in [0, 0.1) is 0 Å². The Morgan fingerprint density at radius 3 is 2.78 bits per heavy atom. The summed E-state index contributed by atoms with van der Waals surface area (Å²) in [7, 11) is 0. The first-order valence-electron chi connectivity index (χ1n) is 5.33. The fourth-order valence-corrected chi connectivity index (χ4v) is 2.11. The topological polar surface area (TPSA) is 90.7 Å². The molecular weight excluding hydrogens is 260 g/mol. The number of aromatic nitrogens is 1. The van der Waals surface area contributed by atoms with Gasteiger partial charge in [-0.1, -0.05) is 17.7 Å². The molecule has 0 saturated carbocycles. The number of aliphatic carboxylic acids is 1. The van der Waals surface area contributed by atoms with Crippen molar-refractivity contribution in [1.29, 1.82) is 0 Å². The second-order valence-corrected chi connectivity index (χ2v) is 4.43. The van der Waals surface area contributed by atoms with Gasteiger partial charge in [-0.2, -0.15) is 0 Å². The van der Waals surface area contributed by atoms with Crippen LogP contribution in [0.15, 0.2) is 18.2 Å². The fraction of sp³-hybridized carbons (Fsp3) is 0.364. The molecular formula is C11H11ClN2O4. The summed E-state index contributed by atoms with van der Waals surface area (Å²) in [5, 5.41) is 18.6. The smallest absolute Gasteiger partial charge is 0.326 e. The first kappa shape index (κ1) is 12.8. The summed E-state index contributed by atoms with van der Waals surface area (Å²) in [4.78, 5) is 28.0. The molecule has 2 N–H and O–H groups in total. The van der Waals surface area contributed by atoms with Crippen LogP contribution >= 0.6 is 11.6 Å². The van der Waals surface area contributed by atoms with Gasteiger partial charge in [0.05, 0.1) is 6.10 Å². The molecule has 1 saturated heterocycles. The quantitative estimate of drug-likeness (QED) is 0.759. The van der Waals surface area contributed by atoms with E-state index in [1.54, 1.807) is 6.07 Å². The Morgan fingerprint density at radius 1 is 1.44 bits per heavy atom. The maximum atomic E-state index is 12.1. The average Bonchev–Trinajstić information content (AvgIpc) is 2.70. The van der Waals surface area contributed by atoms with Crippen LogP contribution in [0.2, 0.25) is 5.15 Å². The number of likely N-dealkylation sites (tertiary alicyclic amines) is 1. The third-order valence-electron chi connectivity index (χ3n) is 2.76. The molecule has 1 aliphatic heterocycles. The Morgan fingerprint density at radius 2 is 2.17 bits per heavy atom. The molecule has 0 bridgehead atoms. The summed E-state index contributed by atoms with van der Waals surface area (Å²) in [6, 6.07) is 3.52. The Hall–Kier alpha value is -1.66. The Bertz CT molecular complexity index is 494. The van der Waals surface area contributed by atoms with Crippen molar-refractivity contribution in [2.75, 3.05) is 6.54 Å². The number of halogens is 1. The molecule has 1 fully saturated rings. The maximum absolute atomic E-state index is 12.1. The molecule has 6 nitrogen and oxygen atoms in total. The minimum atomic E-state index is -1.14. The van der Waals surface area contributed by atoms with E-state index in [-0.39, 0.29) is 23.8 Å². The second kappa shape index (κ2) is 4.91. The molecule has 18 heavy (non-hydrogen) atoms. The van der Waals surface area contributed by atoms with Gasteiger partial charge < -0.3 is 15.1 Å². The zero-order valence-corrected chi connectivity index (χ0v) is 10.0. The van der Waals surface area contributed by atoms with Crippen molar-refractivity contribution >= 4 is 23.5 Å². The van der Waals surface area contributed by atoms with Gasteiger partial charge >= 0.3 is 5.97 Å². The van der Waals surface area contributed by atoms with Crippen LogP contribution in [0.3, 0.4) is 0 Å². The number of carboxylic acids is 1. The number of rotatable bonds is 2. The van der Waals surface area contributed by atoms with Gasteiger partial charge in [-0.05, 0) is 12.1 Å². The minimum Gasteiger partial charge on any atom is -0.480 e. The van der Waals surface area contributed by atoms with E-state index in [9.17, 15) is 14.7 Å². The van der Waals surface area contributed by atoms with Crippen molar-refractivity contribution in [3.63, 3.8) is 0 Å². The maximum Gasteiger partial charge on any atom is 0.326 e. The number of carbonyl (C=O) groups is 2. The summed E-state index contributed by atoms with van der Waals surface area (Å²) < 4.78 is 0. The number of pyridine rings is 1. The number of amides is 1. The molecule has 1 amide bonds. The van der Waals surface area contributed by atoms with E-state index in [4.69, 9.17) is 16.7 Å². The minimum absolute atomic E-state index is 0.00993. The SMILES string of the molecule is O=C(O)[C@H]1C[C@@H](O)CN1C(=O)c1cccc(Cl)n1. The molecule has 1 aromatic rings. The van der Waals surface area contributed by atoms with Crippen LogP contribution in [0.25, 0.3) is 0 Å². The highest BCUT2D eigenvalue weighted by atomic mass is 35.5. The van der Waals surface area contributed by atoms with Gasteiger partial charge in [0.1, 0.15) is 16.9 Å². The van der Waals surface area contributed by atoms with E-state index in [1.165, 1.54) is 12.1 Å². The van der Waals surface area contributed by atoms with E-state index < -0.39 is 24.0 Å². The van der Waals surface area contributed by atoms with Crippen LogP contribution < -0.4 is 0 Å². The number of hydrogen-bond donors (Lipinski definition) is 2. The third kappa shape index (κ3) is 2.44. The molecule has 0 aromatic carbocycles. The highest BCUT2D eigenvalue weighted by Gasteiger charge is 2.39. The van der Waals surface area contributed by atoms with Crippen LogP contribution in [0.1, 0.15) is 16.9 Å². The molecule has 7 heteroatoms. The zero-order chi connectivity index (χ0) is 13.3. The van der Waals surface area contributed by atoms with Gasteiger partial charge in [0.15, 0.2) is 0 Å². The first-order chi connectivity index (χ1) is 8.49. The highest BCUT2D eigenvalue weighted by molar-refractivity contribution is 6.29. The molecule has 0 aliphatic carbocycles. The van der Waals surface area contributed by atoms with Crippen molar-refractivity contribution in [2.24, 2.45) is 0 Å². The van der Waals surface area contributed by atoms with Crippen LogP contribution in [0.4, 0.5) is 0 Å². The predicted octanol–water partition coefficient (Wildman–Crippen LogP) is 0.395. The number of carboxylic acid groups (broad SMARTS) is 1. The summed E-state index contributed by atoms with van der Waals surface area (Å²) in [5.41, 5.74) is 0.0721. The van der Waals surface area contributed by atoms with Gasteiger partial charge in [-0.15, -0.1) is 0 Å². The van der Waals surface area contributed by atoms with Gasteiger partial charge in [0.25, 0.3) is 5.91 Å². The molecule has 1 aliphatic rings. The number of aliphatic hydroxyl groups excluding tert-OH is 1. The molecule has 2 atom stereocenters. The average molecular weight is 271 g/mol. The van der Waals surface area contributed by atoms with Crippen molar-refractivity contribution in [1.82, 2.24) is 9.88 Å². The van der Waals surface area contributed by atoms with Crippen molar-refractivity contribution in [2.45, 2.75) is 18.6 Å². The Balaban J connectivity index is 2.25. The lowest BCUT2D eigenvalue weighted by atomic mass is 10.2. The normalized spacial score (nSPS) is 23.1. The van der Waals surface area contributed by atoms with E-state index in [0.29, 0.717) is 0 Å². The number of carbonyl (C=O) groups excluding carboxylic acids is 1. The molecule has 1 aromatic heterocycles. The first-order valence-corrected chi connectivity index (χ1v) is 5.71. The van der Waals surface area contributed by atoms with Crippen LogP contribution in [0.5, 0.6) is 0 Å². The summed E-state index contributed by atoms with van der Waals surface area (Å²) in [5.74, 6) is -1.68. The zero-order valence-electron chi connectivity index (χ0n) is 9.28. The summed E-state index contributed by atoms with van der Waals surface area (Å²) in [6.45, 7) is -0.00993. The molecule has 0 unspecified atom stereocenters. The van der Waals surface area contributed by atoms with Gasteiger partial charge in [-0.3, -0.25) is 4.79 Å². The second-order valence-electron chi connectivity index (χ2n) is 4.05.